The normalized spacial score (nSPS) is 10.5. The van der Waals surface area contributed by atoms with Gasteiger partial charge < -0.3 is 8.83 Å². The fourth-order valence-corrected chi connectivity index (χ4v) is 1.15. The zero-order valence-electron chi connectivity index (χ0n) is 5.62. The molecular weight excluding hydrogens is 247 g/mol. The smallest absolute Gasteiger partial charge is 0.313 e. The highest BCUT2D eigenvalue weighted by molar-refractivity contribution is 9.10. The molecule has 6 heteroatoms. The molecule has 0 aromatic carbocycles. The molecule has 62 valence electrons. The van der Waals surface area contributed by atoms with Crippen molar-refractivity contribution >= 4 is 27.5 Å². The van der Waals surface area contributed by atoms with Crippen molar-refractivity contribution in [2.45, 2.75) is 0 Å². The Balaban J connectivity index is 2.43. The Morgan fingerprint density at radius 3 is 2.58 bits per heavy atom. The van der Waals surface area contributed by atoms with Crippen LogP contribution in [0.4, 0.5) is 0 Å². The molecule has 4 nitrogen and oxygen atoms in total. The molecule has 0 saturated carbocycles. The van der Waals surface area contributed by atoms with Gasteiger partial charge in [-0.2, -0.15) is 0 Å². The van der Waals surface area contributed by atoms with Gasteiger partial charge in [0.25, 0.3) is 5.89 Å². The Morgan fingerprint density at radius 2 is 2.08 bits per heavy atom. The van der Waals surface area contributed by atoms with Gasteiger partial charge in [0.15, 0.2) is 10.4 Å². The Bertz CT molecular complexity index is 359. The summed E-state index contributed by atoms with van der Waals surface area (Å²) in [7, 11) is 0. The Kier molecular flexibility index (Phi) is 1.90. The van der Waals surface area contributed by atoms with Crippen LogP contribution in [0.1, 0.15) is 0 Å². The molecule has 2 rings (SSSR count). The molecule has 0 atom stereocenters. The summed E-state index contributed by atoms with van der Waals surface area (Å²) in [5.74, 6) is 0.756. The molecule has 2 heterocycles. The van der Waals surface area contributed by atoms with Gasteiger partial charge in [-0.3, -0.25) is 0 Å². The van der Waals surface area contributed by atoms with E-state index in [1.54, 1.807) is 12.1 Å². The number of furan rings is 1. The molecule has 0 bridgehead atoms. The molecule has 0 N–H and O–H groups in total. The van der Waals surface area contributed by atoms with Gasteiger partial charge in [-0.1, -0.05) is 5.10 Å². The molecule has 0 aliphatic rings. The molecule has 2 aromatic heterocycles. The monoisotopic (exact) mass is 248 g/mol. The largest absolute Gasteiger partial charge is 0.444 e. The molecule has 0 unspecified atom stereocenters. The van der Waals surface area contributed by atoms with Crippen molar-refractivity contribution in [1.29, 1.82) is 0 Å². The van der Waals surface area contributed by atoms with Crippen LogP contribution in [0.2, 0.25) is 5.35 Å². The molecule has 0 saturated heterocycles. The van der Waals surface area contributed by atoms with Gasteiger partial charge in [-0.25, -0.2) is 0 Å². The van der Waals surface area contributed by atoms with Crippen molar-refractivity contribution in [2.75, 3.05) is 0 Å². The maximum atomic E-state index is 5.42. The molecule has 12 heavy (non-hydrogen) atoms. The lowest BCUT2D eigenvalue weighted by atomic mass is 10.5. The highest BCUT2D eigenvalue weighted by atomic mass is 79.9. The summed E-state index contributed by atoms with van der Waals surface area (Å²) in [4.78, 5) is 0. The van der Waals surface area contributed by atoms with Crippen LogP contribution in [0.15, 0.2) is 25.6 Å². The van der Waals surface area contributed by atoms with Crippen molar-refractivity contribution in [3.63, 3.8) is 0 Å². The Labute approximate surface area is 80.7 Å². The molecule has 0 radical (unpaired) electrons. The number of halogens is 2. The van der Waals surface area contributed by atoms with E-state index in [4.69, 9.17) is 20.4 Å². The minimum Gasteiger partial charge on any atom is -0.444 e. The van der Waals surface area contributed by atoms with Crippen LogP contribution < -0.4 is 0 Å². The lowest BCUT2D eigenvalue weighted by molar-refractivity contribution is 0.504. The quantitative estimate of drug-likeness (QED) is 0.780. The average molecular weight is 249 g/mol. The summed E-state index contributed by atoms with van der Waals surface area (Å²) in [6, 6.07) is 3.43. The van der Waals surface area contributed by atoms with Crippen molar-refractivity contribution in [1.82, 2.24) is 10.2 Å². The van der Waals surface area contributed by atoms with Gasteiger partial charge >= 0.3 is 5.35 Å². The van der Waals surface area contributed by atoms with Gasteiger partial charge in [-0.05, 0) is 39.7 Å². The molecule has 2 aromatic rings. The SMILES string of the molecule is Clc1nnc(-c2ccc(Br)o2)o1. The topological polar surface area (TPSA) is 52.1 Å². The van der Waals surface area contributed by atoms with E-state index < -0.39 is 0 Å². The molecular formula is C6H2BrClN2O2. The number of hydrogen-bond acceptors (Lipinski definition) is 4. The standard InChI is InChI=1S/C6H2BrClN2O2/c7-4-2-1-3(11-4)5-9-10-6(8)12-5/h1-2H. The van der Waals surface area contributed by atoms with Gasteiger partial charge in [0, 0.05) is 0 Å². The first kappa shape index (κ1) is 7.82. The lowest BCUT2D eigenvalue weighted by Crippen LogP contribution is -1.71. The Morgan fingerprint density at radius 1 is 1.25 bits per heavy atom. The third-order valence-corrected chi connectivity index (χ3v) is 1.76. The third-order valence-electron chi connectivity index (χ3n) is 1.18. The second kappa shape index (κ2) is 2.91. The third kappa shape index (κ3) is 1.37. The zero-order valence-corrected chi connectivity index (χ0v) is 7.96. The van der Waals surface area contributed by atoms with E-state index in [1.807, 2.05) is 0 Å². The molecule has 0 aliphatic heterocycles. The minimum atomic E-state index is -0.00229. The maximum Gasteiger partial charge on any atom is 0.313 e. The molecule has 0 amide bonds. The van der Waals surface area contributed by atoms with Crippen LogP contribution >= 0.6 is 27.5 Å². The second-order valence-electron chi connectivity index (χ2n) is 1.96. The highest BCUT2D eigenvalue weighted by Crippen LogP contribution is 2.24. The second-order valence-corrected chi connectivity index (χ2v) is 3.07. The Hall–Kier alpha value is -0.810. The average Bonchev–Trinajstić information content (AvgIpc) is 2.58. The highest BCUT2D eigenvalue weighted by Gasteiger charge is 2.10. The van der Waals surface area contributed by atoms with E-state index in [9.17, 15) is 0 Å². The lowest BCUT2D eigenvalue weighted by Gasteiger charge is -1.83. The summed E-state index contributed by atoms with van der Waals surface area (Å²) in [5.41, 5.74) is 0. The van der Waals surface area contributed by atoms with Gasteiger partial charge in [0.1, 0.15) is 0 Å². The summed E-state index contributed by atoms with van der Waals surface area (Å²) < 4.78 is 10.7. The van der Waals surface area contributed by atoms with Gasteiger partial charge in [0.2, 0.25) is 0 Å². The van der Waals surface area contributed by atoms with Crippen LogP contribution in [0.3, 0.4) is 0 Å². The van der Waals surface area contributed by atoms with Gasteiger partial charge in [0.05, 0.1) is 0 Å². The van der Waals surface area contributed by atoms with Gasteiger partial charge in [-0.15, -0.1) is 5.10 Å². The minimum absolute atomic E-state index is 0.00229. The van der Waals surface area contributed by atoms with E-state index in [0.717, 1.165) is 0 Å². The van der Waals surface area contributed by atoms with E-state index in [1.165, 1.54) is 0 Å². The van der Waals surface area contributed by atoms with Crippen LogP contribution in [0.5, 0.6) is 0 Å². The molecule has 0 aliphatic carbocycles. The van der Waals surface area contributed by atoms with E-state index in [2.05, 4.69) is 26.1 Å². The summed E-state index contributed by atoms with van der Waals surface area (Å²) in [6.07, 6.45) is 0. The van der Waals surface area contributed by atoms with E-state index in [-0.39, 0.29) is 11.2 Å². The fraction of sp³-hybridized carbons (Fsp3) is 0. The first-order valence-corrected chi connectivity index (χ1v) is 4.17. The number of nitrogens with zero attached hydrogens (tertiary/aromatic N) is 2. The summed E-state index contributed by atoms with van der Waals surface area (Å²) >= 11 is 8.57. The van der Waals surface area contributed by atoms with Crippen LogP contribution in [0.25, 0.3) is 11.7 Å². The van der Waals surface area contributed by atoms with Crippen LogP contribution in [-0.2, 0) is 0 Å². The maximum absolute atomic E-state index is 5.42. The van der Waals surface area contributed by atoms with Crippen LogP contribution in [0, 0.1) is 0 Å². The number of rotatable bonds is 1. The molecule has 0 spiro atoms. The molecule has 0 fully saturated rings. The van der Waals surface area contributed by atoms with Crippen molar-refractivity contribution < 1.29 is 8.83 Å². The van der Waals surface area contributed by atoms with Crippen molar-refractivity contribution in [2.24, 2.45) is 0 Å². The number of hydrogen-bond donors (Lipinski definition) is 0. The first-order valence-electron chi connectivity index (χ1n) is 3.00. The van der Waals surface area contributed by atoms with E-state index >= 15 is 0 Å². The zero-order chi connectivity index (χ0) is 8.55. The first-order chi connectivity index (χ1) is 5.75. The predicted molar refractivity (Wildman–Crippen MR) is 44.7 cm³/mol. The fourth-order valence-electron chi connectivity index (χ4n) is 0.734. The van der Waals surface area contributed by atoms with Crippen molar-refractivity contribution in [3.8, 4) is 11.7 Å². The van der Waals surface area contributed by atoms with Crippen molar-refractivity contribution in [3.05, 3.63) is 22.2 Å². The van der Waals surface area contributed by atoms with Crippen LogP contribution in [-0.4, -0.2) is 10.2 Å². The predicted octanol–water partition coefficient (Wildman–Crippen LogP) is 2.75. The summed E-state index contributed by atoms with van der Waals surface area (Å²) in [5, 5.41) is 7.11. The summed E-state index contributed by atoms with van der Waals surface area (Å²) in [6.45, 7) is 0. The van der Waals surface area contributed by atoms with E-state index in [0.29, 0.717) is 10.4 Å². The number of aromatic nitrogens is 2.